The van der Waals surface area contributed by atoms with Crippen LogP contribution in [0.3, 0.4) is 0 Å². The van der Waals surface area contributed by atoms with Gasteiger partial charge in [-0.1, -0.05) is 5.21 Å². The standard InChI is InChI=1S/C8H15N5O2/c1-15-3-2-10-8(14)6-13-5-7(4-9)11-12-13/h5H,2-4,6,9H2,1H3,(H,10,14). The molecule has 0 unspecified atom stereocenters. The van der Waals surface area contributed by atoms with E-state index < -0.39 is 0 Å². The van der Waals surface area contributed by atoms with Gasteiger partial charge >= 0.3 is 0 Å². The van der Waals surface area contributed by atoms with Crippen molar-refractivity contribution in [3.63, 3.8) is 0 Å². The maximum Gasteiger partial charge on any atom is 0.241 e. The van der Waals surface area contributed by atoms with Crippen molar-refractivity contribution in [3.05, 3.63) is 11.9 Å². The molecule has 0 saturated heterocycles. The number of nitrogens with one attached hydrogen (secondary N) is 1. The van der Waals surface area contributed by atoms with Gasteiger partial charge in [0.15, 0.2) is 0 Å². The molecular formula is C8H15N5O2. The van der Waals surface area contributed by atoms with Gasteiger partial charge in [0.25, 0.3) is 0 Å². The maximum atomic E-state index is 11.3. The Labute approximate surface area is 87.6 Å². The molecule has 7 heteroatoms. The smallest absolute Gasteiger partial charge is 0.241 e. The molecular weight excluding hydrogens is 198 g/mol. The average Bonchev–Trinajstić information content (AvgIpc) is 2.66. The van der Waals surface area contributed by atoms with Crippen molar-refractivity contribution in [2.24, 2.45) is 5.73 Å². The lowest BCUT2D eigenvalue weighted by Gasteiger charge is -2.03. The summed E-state index contributed by atoms with van der Waals surface area (Å²) >= 11 is 0. The van der Waals surface area contributed by atoms with Gasteiger partial charge in [-0.15, -0.1) is 5.10 Å². The summed E-state index contributed by atoms with van der Waals surface area (Å²) in [5.41, 5.74) is 6.03. The second kappa shape index (κ2) is 6.10. The van der Waals surface area contributed by atoms with Crippen LogP contribution in [0.5, 0.6) is 0 Å². The molecule has 1 rings (SSSR count). The third-order valence-corrected chi connectivity index (χ3v) is 1.73. The van der Waals surface area contributed by atoms with Crippen LogP contribution in [0.4, 0.5) is 0 Å². The summed E-state index contributed by atoms with van der Waals surface area (Å²) < 4.78 is 6.25. The topological polar surface area (TPSA) is 95.1 Å². The highest BCUT2D eigenvalue weighted by atomic mass is 16.5. The van der Waals surface area contributed by atoms with E-state index in [0.717, 1.165) is 0 Å². The Hall–Kier alpha value is -1.47. The van der Waals surface area contributed by atoms with Gasteiger partial charge in [-0.2, -0.15) is 0 Å². The van der Waals surface area contributed by atoms with Crippen LogP contribution in [0.2, 0.25) is 0 Å². The molecule has 0 saturated carbocycles. The minimum Gasteiger partial charge on any atom is -0.383 e. The number of carbonyl (C=O) groups is 1. The normalized spacial score (nSPS) is 10.3. The van der Waals surface area contributed by atoms with Crippen molar-refractivity contribution in [1.82, 2.24) is 20.3 Å². The van der Waals surface area contributed by atoms with Crippen LogP contribution in [-0.2, 0) is 22.6 Å². The fourth-order valence-electron chi connectivity index (χ4n) is 1.00. The van der Waals surface area contributed by atoms with Crippen molar-refractivity contribution >= 4 is 5.91 Å². The Morgan fingerprint density at radius 1 is 1.73 bits per heavy atom. The molecule has 1 amide bonds. The van der Waals surface area contributed by atoms with Crippen molar-refractivity contribution in [1.29, 1.82) is 0 Å². The highest BCUT2D eigenvalue weighted by molar-refractivity contribution is 5.75. The predicted molar refractivity (Wildman–Crippen MR) is 52.8 cm³/mol. The summed E-state index contributed by atoms with van der Waals surface area (Å²) in [6.45, 7) is 1.47. The summed E-state index contributed by atoms with van der Waals surface area (Å²) in [6, 6.07) is 0. The lowest BCUT2D eigenvalue weighted by atomic mass is 10.5. The Bertz CT molecular complexity index is 312. The van der Waals surface area contributed by atoms with Gasteiger partial charge in [0, 0.05) is 20.2 Å². The van der Waals surface area contributed by atoms with Crippen LogP contribution in [0.1, 0.15) is 5.69 Å². The van der Waals surface area contributed by atoms with Crippen molar-refractivity contribution in [2.75, 3.05) is 20.3 Å². The van der Waals surface area contributed by atoms with E-state index in [1.807, 2.05) is 0 Å². The highest BCUT2D eigenvalue weighted by Crippen LogP contribution is 1.90. The number of ether oxygens (including phenoxy) is 1. The molecule has 15 heavy (non-hydrogen) atoms. The average molecular weight is 213 g/mol. The van der Waals surface area contributed by atoms with Crippen molar-refractivity contribution in [2.45, 2.75) is 13.1 Å². The molecule has 3 N–H and O–H groups in total. The summed E-state index contributed by atoms with van der Waals surface area (Å²) in [7, 11) is 1.58. The first kappa shape index (κ1) is 11.6. The molecule has 0 aliphatic heterocycles. The summed E-state index contributed by atoms with van der Waals surface area (Å²) in [4.78, 5) is 11.3. The monoisotopic (exact) mass is 213 g/mol. The van der Waals surface area contributed by atoms with Crippen molar-refractivity contribution < 1.29 is 9.53 Å². The first-order valence-electron chi connectivity index (χ1n) is 4.61. The molecule has 0 aliphatic rings. The molecule has 7 nitrogen and oxygen atoms in total. The zero-order valence-corrected chi connectivity index (χ0v) is 8.64. The van der Waals surface area contributed by atoms with Gasteiger partial charge in [0.05, 0.1) is 18.5 Å². The number of carbonyl (C=O) groups excluding carboxylic acids is 1. The number of nitrogens with two attached hydrogens (primary N) is 1. The van der Waals surface area contributed by atoms with E-state index in [4.69, 9.17) is 10.5 Å². The van der Waals surface area contributed by atoms with E-state index in [1.165, 1.54) is 4.68 Å². The Balaban J connectivity index is 2.31. The van der Waals surface area contributed by atoms with Gasteiger partial charge in [0.1, 0.15) is 6.54 Å². The summed E-state index contributed by atoms with van der Waals surface area (Å²) in [6.07, 6.45) is 1.65. The largest absolute Gasteiger partial charge is 0.383 e. The molecule has 1 aromatic rings. The minimum atomic E-state index is -0.125. The molecule has 0 aliphatic carbocycles. The quantitative estimate of drug-likeness (QED) is 0.561. The fourth-order valence-corrected chi connectivity index (χ4v) is 1.00. The van der Waals surface area contributed by atoms with E-state index in [2.05, 4.69) is 15.6 Å². The third kappa shape index (κ3) is 4.05. The van der Waals surface area contributed by atoms with E-state index in [0.29, 0.717) is 25.4 Å². The molecule has 0 spiro atoms. The molecule has 1 aromatic heterocycles. The van der Waals surface area contributed by atoms with Crippen LogP contribution in [0.15, 0.2) is 6.20 Å². The van der Waals surface area contributed by atoms with E-state index in [9.17, 15) is 4.79 Å². The Morgan fingerprint density at radius 3 is 3.13 bits per heavy atom. The minimum absolute atomic E-state index is 0.125. The van der Waals surface area contributed by atoms with Crippen LogP contribution in [0, 0.1) is 0 Å². The number of nitrogens with zero attached hydrogens (tertiary/aromatic N) is 3. The second-order valence-electron chi connectivity index (χ2n) is 2.95. The van der Waals surface area contributed by atoms with Gasteiger partial charge in [0.2, 0.25) is 5.91 Å². The Morgan fingerprint density at radius 2 is 2.53 bits per heavy atom. The number of aromatic nitrogens is 3. The zero-order valence-electron chi connectivity index (χ0n) is 8.64. The highest BCUT2D eigenvalue weighted by Gasteiger charge is 2.04. The molecule has 1 heterocycles. The summed E-state index contributed by atoms with van der Waals surface area (Å²) in [5, 5.41) is 10.2. The first-order chi connectivity index (χ1) is 7.26. The number of amides is 1. The second-order valence-corrected chi connectivity index (χ2v) is 2.95. The lowest BCUT2D eigenvalue weighted by Crippen LogP contribution is -2.30. The van der Waals surface area contributed by atoms with Gasteiger partial charge < -0.3 is 15.8 Å². The zero-order chi connectivity index (χ0) is 11.1. The van der Waals surface area contributed by atoms with Crippen LogP contribution >= 0.6 is 0 Å². The van der Waals surface area contributed by atoms with Crippen LogP contribution in [-0.4, -0.2) is 41.2 Å². The Kier molecular flexibility index (Phi) is 4.72. The first-order valence-corrected chi connectivity index (χ1v) is 4.61. The van der Waals surface area contributed by atoms with E-state index in [1.54, 1.807) is 13.3 Å². The van der Waals surface area contributed by atoms with Crippen LogP contribution < -0.4 is 11.1 Å². The molecule has 0 aromatic carbocycles. The van der Waals surface area contributed by atoms with E-state index >= 15 is 0 Å². The number of methoxy groups -OCH3 is 1. The maximum absolute atomic E-state index is 11.3. The molecule has 0 bridgehead atoms. The van der Waals surface area contributed by atoms with Crippen molar-refractivity contribution in [3.8, 4) is 0 Å². The van der Waals surface area contributed by atoms with Gasteiger partial charge in [-0.05, 0) is 0 Å². The summed E-state index contributed by atoms with van der Waals surface area (Å²) in [5.74, 6) is -0.125. The molecule has 0 atom stereocenters. The molecule has 84 valence electrons. The number of rotatable bonds is 6. The number of hydrogen-bond donors (Lipinski definition) is 2. The van der Waals surface area contributed by atoms with Gasteiger partial charge in [-0.3, -0.25) is 4.79 Å². The van der Waals surface area contributed by atoms with E-state index in [-0.39, 0.29) is 12.5 Å². The number of hydrogen-bond acceptors (Lipinski definition) is 5. The fraction of sp³-hybridized carbons (Fsp3) is 0.625. The lowest BCUT2D eigenvalue weighted by molar-refractivity contribution is -0.122. The molecule has 0 radical (unpaired) electrons. The molecule has 0 fully saturated rings. The van der Waals surface area contributed by atoms with Crippen LogP contribution in [0.25, 0.3) is 0 Å². The third-order valence-electron chi connectivity index (χ3n) is 1.73. The predicted octanol–water partition coefficient (Wildman–Crippen LogP) is -1.50. The SMILES string of the molecule is COCCNC(=O)Cn1cc(CN)nn1. The van der Waals surface area contributed by atoms with Gasteiger partial charge in [-0.25, -0.2) is 4.68 Å².